The molecule has 2 rings (SSSR count). The molecule has 0 aliphatic carbocycles. The summed E-state index contributed by atoms with van der Waals surface area (Å²) in [5, 5.41) is 2.63. The summed E-state index contributed by atoms with van der Waals surface area (Å²) in [6.45, 7) is 3.90. The summed E-state index contributed by atoms with van der Waals surface area (Å²) >= 11 is 0. The van der Waals surface area contributed by atoms with E-state index in [1.807, 2.05) is 0 Å². The van der Waals surface area contributed by atoms with Crippen LogP contribution in [0.2, 0.25) is 0 Å². The lowest BCUT2D eigenvalue weighted by Crippen LogP contribution is -2.23. The lowest BCUT2D eigenvalue weighted by Gasteiger charge is -2.03. The number of hydrogen-bond donors (Lipinski definition) is 1. The minimum Gasteiger partial charge on any atom is -0.348 e. The van der Waals surface area contributed by atoms with Crippen LogP contribution in [-0.4, -0.2) is 22.4 Å². The van der Waals surface area contributed by atoms with Gasteiger partial charge in [0.1, 0.15) is 5.82 Å². The van der Waals surface area contributed by atoms with Crippen LogP contribution in [0.15, 0.2) is 49.3 Å². The average Bonchev–Trinajstić information content (AvgIpc) is 2.46. The SMILES string of the molecule is C=CCNC(=O)c1cnc(-c2ccc(F)cc2)nc1. The molecule has 0 saturated heterocycles. The Hall–Kier alpha value is -2.56. The summed E-state index contributed by atoms with van der Waals surface area (Å²) in [7, 11) is 0. The number of nitrogens with zero attached hydrogens (tertiary/aromatic N) is 2. The van der Waals surface area contributed by atoms with Gasteiger partial charge in [0.15, 0.2) is 5.82 Å². The predicted molar refractivity (Wildman–Crippen MR) is 70.0 cm³/mol. The average molecular weight is 257 g/mol. The number of carbonyl (C=O) groups excluding carboxylic acids is 1. The molecule has 1 aromatic heterocycles. The first-order valence-electron chi connectivity index (χ1n) is 5.68. The van der Waals surface area contributed by atoms with Crippen LogP contribution in [0.25, 0.3) is 11.4 Å². The van der Waals surface area contributed by atoms with Crippen LogP contribution >= 0.6 is 0 Å². The van der Waals surface area contributed by atoms with E-state index in [9.17, 15) is 9.18 Å². The fraction of sp³-hybridized carbons (Fsp3) is 0.0714. The molecule has 1 N–H and O–H groups in total. The topological polar surface area (TPSA) is 54.9 Å². The standard InChI is InChI=1S/C14H12FN3O/c1-2-7-16-14(19)11-8-17-13(18-9-11)10-3-5-12(15)6-4-10/h2-6,8-9H,1,7H2,(H,16,19). The minimum atomic E-state index is -0.316. The first kappa shape index (κ1) is 12.9. The van der Waals surface area contributed by atoms with Crippen LogP contribution in [0.1, 0.15) is 10.4 Å². The van der Waals surface area contributed by atoms with Gasteiger partial charge in [-0.1, -0.05) is 6.08 Å². The Balaban J connectivity index is 2.16. The Morgan fingerprint density at radius 3 is 2.47 bits per heavy atom. The third-order valence-electron chi connectivity index (χ3n) is 2.42. The zero-order valence-corrected chi connectivity index (χ0v) is 10.1. The number of rotatable bonds is 4. The van der Waals surface area contributed by atoms with Crippen molar-refractivity contribution in [3.63, 3.8) is 0 Å². The molecule has 2 aromatic rings. The Morgan fingerprint density at radius 2 is 1.89 bits per heavy atom. The van der Waals surface area contributed by atoms with Crippen molar-refractivity contribution >= 4 is 5.91 Å². The van der Waals surface area contributed by atoms with Gasteiger partial charge in [-0.2, -0.15) is 0 Å². The van der Waals surface area contributed by atoms with Crippen molar-refractivity contribution in [3.8, 4) is 11.4 Å². The van der Waals surface area contributed by atoms with Gasteiger partial charge in [-0.25, -0.2) is 14.4 Å². The Kier molecular flexibility index (Phi) is 3.97. The second-order valence-corrected chi connectivity index (χ2v) is 3.80. The van der Waals surface area contributed by atoms with E-state index >= 15 is 0 Å². The molecule has 0 atom stereocenters. The number of benzene rings is 1. The van der Waals surface area contributed by atoms with Gasteiger partial charge in [0.05, 0.1) is 5.56 Å². The first-order chi connectivity index (χ1) is 9.20. The highest BCUT2D eigenvalue weighted by Gasteiger charge is 2.07. The van der Waals surface area contributed by atoms with Gasteiger partial charge < -0.3 is 5.32 Å². The van der Waals surface area contributed by atoms with Crippen molar-refractivity contribution in [2.24, 2.45) is 0 Å². The van der Waals surface area contributed by atoms with Gasteiger partial charge >= 0.3 is 0 Å². The zero-order valence-electron chi connectivity index (χ0n) is 10.1. The van der Waals surface area contributed by atoms with Crippen LogP contribution in [-0.2, 0) is 0 Å². The predicted octanol–water partition coefficient (Wildman–Crippen LogP) is 2.20. The summed E-state index contributed by atoms with van der Waals surface area (Å²) in [5.41, 5.74) is 1.06. The molecule has 0 unspecified atom stereocenters. The molecule has 0 aliphatic heterocycles. The third kappa shape index (κ3) is 3.22. The second kappa shape index (κ2) is 5.86. The number of amides is 1. The van der Waals surface area contributed by atoms with E-state index in [0.29, 0.717) is 23.5 Å². The summed E-state index contributed by atoms with van der Waals surface area (Å²) in [6, 6.07) is 5.84. The highest BCUT2D eigenvalue weighted by atomic mass is 19.1. The summed E-state index contributed by atoms with van der Waals surface area (Å²) in [4.78, 5) is 19.8. The van der Waals surface area contributed by atoms with Gasteiger partial charge in [-0.15, -0.1) is 6.58 Å². The maximum Gasteiger partial charge on any atom is 0.254 e. The van der Waals surface area contributed by atoms with E-state index in [-0.39, 0.29) is 11.7 Å². The van der Waals surface area contributed by atoms with E-state index < -0.39 is 0 Å². The molecule has 0 fully saturated rings. The molecule has 0 radical (unpaired) electrons. The van der Waals surface area contributed by atoms with E-state index in [2.05, 4.69) is 21.9 Å². The number of halogens is 1. The fourth-order valence-electron chi connectivity index (χ4n) is 1.46. The number of nitrogens with one attached hydrogen (secondary N) is 1. The quantitative estimate of drug-likeness (QED) is 0.854. The van der Waals surface area contributed by atoms with E-state index in [0.717, 1.165) is 0 Å². The molecule has 4 nitrogen and oxygen atoms in total. The van der Waals surface area contributed by atoms with Crippen molar-refractivity contribution in [2.75, 3.05) is 6.54 Å². The monoisotopic (exact) mass is 257 g/mol. The smallest absolute Gasteiger partial charge is 0.254 e. The molecule has 0 saturated carbocycles. The molecule has 5 heteroatoms. The Bertz CT molecular complexity index is 579. The van der Waals surface area contributed by atoms with Crippen molar-refractivity contribution in [3.05, 3.63) is 60.7 Å². The van der Waals surface area contributed by atoms with Crippen molar-refractivity contribution in [1.29, 1.82) is 0 Å². The van der Waals surface area contributed by atoms with Gasteiger partial charge in [-0.3, -0.25) is 4.79 Å². The molecule has 1 amide bonds. The zero-order chi connectivity index (χ0) is 13.7. The summed E-state index contributed by atoms with van der Waals surface area (Å²) in [6.07, 6.45) is 4.46. The lowest BCUT2D eigenvalue weighted by molar-refractivity contribution is 0.0957. The van der Waals surface area contributed by atoms with E-state index in [1.54, 1.807) is 18.2 Å². The van der Waals surface area contributed by atoms with Crippen LogP contribution in [0.5, 0.6) is 0 Å². The lowest BCUT2D eigenvalue weighted by atomic mass is 10.2. The molecule has 96 valence electrons. The molecule has 0 bridgehead atoms. The van der Waals surface area contributed by atoms with Crippen LogP contribution in [0.4, 0.5) is 4.39 Å². The molecular formula is C14H12FN3O. The number of hydrogen-bond acceptors (Lipinski definition) is 3. The van der Waals surface area contributed by atoms with Crippen molar-refractivity contribution in [2.45, 2.75) is 0 Å². The molecule has 19 heavy (non-hydrogen) atoms. The Morgan fingerprint density at radius 1 is 1.26 bits per heavy atom. The highest BCUT2D eigenvalue weighted by molar-refractivity contribution is 5.93. The molecule has 0 spiro atoms. The molecule has 1 aromatic carbocycles. The fourth-order valence-corrected chi connectivity index (χ4v) is 1.46. The van der Waals surface area contributed by atoms with Gasteiger partial charge in [0, 0.05) is 24.5 Å². The maximum atomic E-state index is 12.8. The normalized spacial score (nSPS) is 9.95. The summed E-state index contributed by atoms with van der Waals surface area (Å²) in [5.74, 6) is -0.130. The van der Waals surface area contributed by atoms with Crippen LogP contribution in [0.3, 0.4) is 0 Å². The number of aromatic nitrogens is 2. The number of carbonyl (C=O) groups is 1. The van der Waals surface area contributed by atoms with Crippen molar-refractivity contribution < 1.29 is 9.18 Å². The van der Waals surface area contributed by atoms with Crippen molar-refractivity contribution in [1.82, 2.24) is 15.3 Å². The highest BCUT2D eigenvalue weighted by Crippen LogP contribution is 2.14. The van der Waals surface area contributed by atoms with E-state index in [4.69, 9.17) is 0 Å². The minimum absolute atomic E-state index is 0.259. The molecule has 0 aliphatic rings. The maximum absolute atomic E-state index is 12.8. The van der Waals surface area contributed by atoms with E-state index in [1.165, 1.54) is 24.5 Å². The summed E-state index contributed by atoms with van der Waals surface area (Å²) < 4.78 is 12.8. The third-order valence-corrected chi connectivity index (χ3v) is 2.42. The van der Waals surface area contributed by atoms with Crippen LogP contribution < -0.4 is 5.32 Å². The first-order valence-corrected chi connectivity index (χ1v) is 5.68. The van der Waals surface area contributed by atoms with Gasteiger partial charge in [0.2, 0.25) is 0 Å². The molecule has 1 heterocycles. The molecular weight excluding hydrogens is 245 g/mol. The Labute approximate surface area is 110 Å². The van der Waals surface area contributed by atoms with Gasteiger partial charge in [-0.05, 0) is 24.3 Å². The largest absolute Gasteiger partial charge is 0.348 e. The van der Waals surface area contributed by atoms with Gasteiger partial charge in [0.25, 0.3) is 5.91 Å². The van der Waals surface area contributed by atoms with Crippen LogP contribution in [0, 0.1) is 5.82 Å². The second-order valence-electron chi connectivity index (χ2n) is 3.80.